The van der Waals surface area contributed by atoms with Gasteiger partial charge in [-0.2, -0.15) is 0 Å². The van der Waals surface area contributed by atoms with Crippen LogP contribution in [0.3, 0.4) is 0 Å². The Hall–Kier alpha value is -2.39. The lowest BCUT2D eigenvalue weighted by Crippen LogP contribution is -2.43. The van der Waals surface area contributed by atoms with E-state index < -0.39 is 39.4 Å². The zero-order valence-corrected chi connectivity index (χ0v) is 19.5. The molecule has 4 rings (SSSR count). The number of halogens is 2. The van der Waals surface area contributed by atoms with Crippen LogP contribution in [0.25, 0.3) is 21.5 Å². The summed E-state index contributed by atoms with van der Waals surface area (Å²) in [6.07, 6.45) is -0.110. The summed E-state index contributed by atoms with van der Waals surface area (Å²) < 4.78 is 55.6. The molecule has 5 nitrogen and oxygen atoms in total. The molecule has 0 radical (unpaired) electrons. The summed E-state index contributed by atoms with van der Waals surface area (Å²) in [5.41, 5.74) is 1.13. The zero-order chi connectivity index (χ0) is 23.1. The molecule has 1 saturated carbocycles. The number of pyridine rings is 1. The fraction of sp³-hybridized carbons (Fsp3) is 0.391. The van der Waals surface area contributed by atoms with Crippen molar-refractivity contribution in [1.82, 2.24) is 9.71 Å². The van der Waals surface area contributed by atoms with Crippen molar-refractivity contribution >= 4 is 38.2 Å². The molecule has 9 heteroatoms. The highest BCUT2D eigenvalue weighted by Crippen LogP contribution is 2.45. The van der Waals surface area contributed by atoms with E-state index in [4.69, 9.17) is 0 Å². The lowest BCUT2D eigenvalue weighted by atomic mass is 9.75. The van der Waals surface area contributed by atoms with E-state index >= 15 is 0 Å². The van der Waals surface area contributed by atoms with Crippen molar-refractivity contribution in [1.29, 1.82) is 0 Å². The van der Waals surface area contributed by atoms with Gasteiger partial charge in [-0.25, -0.2) is 26.9 Å². The number of fused-ring (bicyclic) bond motifs is 1. The molecule has 2 aromatic heterocycles. The minimum atomic E-state index is -4.13. The largest absolute Gasteiger partial charge is 0.268 e. The molecule has 1 aliphatic carbocycles. The van der Waals surface area contributed by atoms with E-state index in [0.717, 1.165) is 10.4 Å². The highest BCUT2D eigenvalue weighted by atomic mass is 32.2. The Morgan fingerprint density at radius 2 is 2.00 bits per heavy atom. The van der Waals surface area contributed by atoms with Gasteiger partial charge in [0.1, 0.15) is 0 Å². The highest BCUT2D eigenvalue weighted by molar-refractivity contribution is 7.90. The summed E-state index contributed by atoms with van der Waals surface area (Å²) in [6.45, 7) is 3.42. The maximum Gasteiger partial charge on any atom is 0.265 e. The van der Waals surface area contributed by atoms with Crippen molar-refractivity contribution in [2.24, 2.45) is 5.41 Å². The molecular formula is C23H24F2N2O3S2. The first-order chi connectivity index (χ1) is 15.0. The summed E-state index contributed by atoms with van der Waals surface area (Å²) in [4.78, 5) is 18.6. The third-order valence-electron chi connectivity index (χ3n) is 5.78. The molecule has 0 spiro atoms. The molecule has 1 aromatic carbocycles. The van der Waals surface area contributed by atoms with Crippen LogP contribution in [0.1, 0.15) is 48.5 Å². The maximum absolute atomic E-state index is 13.9. The summed E-state index contributed by atoms with van der Waals surface area (Å²) in [5, 5.41) is 2.43. The standard InChI is InChI=1S/C23H24F2N2O3S2/c1-15-6-7-18-16(11-15)17(12-19(26-18)20-5-3-10-31-20)21(28)27-32(29,30)14-22(2)8-4-9-23(24,25)13-22/h3,5-7,10-12H,4,8-9,13-14H2,1-2H3,(H,27,28). The Morgan fingerprint density at radius 1 is 1.22 bits per heavy atom. The van der Waals surface area contributed by atoms with Gasteiger partial charge in [-0.1, -0.05) is 24.6 Å². The number of nitrogens with one attached hydrogen (secondary N) is 1. The number of thiophene rings is 1. The molecular weight excluding hydrogens is 454 g/mol. The molecule has 1 unspecified atom stereocenters. The molecule has 1 amide bonds. The quantitative estimate of drug-likeness (QED) is 0.522. The molecule has 1 N–H and O–H groups in total. The Balaban J connectivity index is 1.66. The number of carbonyl (C=O) groups excluding carboxylic acids is 1. The predicted octanol–water partition coefficient (Wildman–Crippen LogP) is 5.55. The minimum absolute atomic E-state index is 0.185. The van der Waals surface area contributed by atoms with Crippen LogP contribution < -0.4 is 4.72 Å². The van der Waals surface area contributed by atoms with Crippen molar-refractivity contribution in [3.8, 4) is 10.6 Å². The fourth-order valence-corrected chi connectivity index (χ4v) is 6.78. The van der Waals surface area contributed by atoms with Gasteiger partial charge in [-0.15, -0.1) is 11.3 Å². The lowest BCUT2D eigenvalue weighted by Gasteiger charge is -2.37. The lowest BCUT2D eigenvalue weighted by molar-refractivity contribution is -0.0718. The number of nitrogens with zero attached hydrogens (tertiary/aromatic N) is 1. The molecule has 170 valence electrons. The van der Waals surface area contributed by atoms with E-state index in [-0.39, 0.29) is 18.4 Å². The molecule has 32 heavy (non-hydrogen) atoms. The van der Waals surface area contributed by atoms with Gasteiger partial charge in [0, 0.05) is 18.2 Å². The predicted molar refractivity (Wildman–Crippen MR) is 123 cm³/mol. The van der Waals surface area contributed by atoms with Crippen LogP contribution in [0.15, 0.2) is 41.8 Å². The first-order valence-corrected chi connectivity index (χ1v) is 12.9. The van der Waals surface area contributed by atoms with Crippen molar-refractivity contribution in [2.45, 2.75) is 45.5 Å². The average molecular weight is 479 g/mol. The number of carbonyl (C=O) groups is 1. The van der Waals surface area contributed by atoms with Crippen LogP contribution in [0.2, 0.25) is 0 Å². The number of hydrogen-bond donors (Lipinski definition) is 1. The van der Waals surface area contributed by atoms with Crippen LogP contribution in [0.5, 0.6) is 0 Å². The van der Waals surface area contributed by atoms with E-state index in [1.54, 1.807) is 25.1 Å². The SMILES string of the molecule is Cc1ccc2nc(-c3cccs3)cc(C(=O)NS(=O)(=O)CC3(C)CCCC(F)(F)C3)c2c1. The van der Waals surface area contributed by atoms with E-state index in [9.17, 15) is 22.0 Å². The summed E-state index contributed by atoms with van der Waals surface area (Å²) in [7, 11) is -4.13. The number of sulfonamides is 1. The topological polar surface area (TPSA) is 76.1 Å². The monoisotopic (exact) mass is 478 g/mol. The molecule has 1 atom stereocenters. The van der Waals surface area contributed by atoms with Gasteiger partial charge in [-0.3, -0.25) is 4.79 Å². The Kier molecular flexibility index (Phi) is 5.83. The van der Waals surface area contributed by atoms with E-state index in [2.05, 4.69) is 9.71 Å². The number of benzene rings is 1. The molecule has 0 saturated heterocycles. The smallest absolute Gasteiger partial charge is 0.265 e. The Bertz CT molecular complexity index is 1270. The van der Waals surface area contributed by atoms with Gasteiger partial charge in [0.25, 0.3) is 5.91 Å². The molecule has 1 aliphatic rings. The summed E-state index contributed by atoms with van der Waals surface area (Å²) in [6, 6.07) is 10.8. The zero-order valence-electron chi connectivity index (χ0n) is 17.8. The van der Waals surface area contributed by atoms with Crippen LogP contribution in [-0.2, 0) is 10.0 Å². The Labute approximate surface area is 189 Å². The van der Waals surface area contributed by atoms with Gasteiger partial charge in [0.2, 0.25) is 15.9 Å². The second kappa shape index (κ2) is 8.19. The fourth-order valence-electron chi connectivity index (χ4n) is 4.47. The third kappa shape index (κ3) is 4.99. The van der Waals surface area contributed by atoms with Crippen LogP contribution in [0, 0.1) is 12.3 Å². The van der Waals surface area contributed by atoms with Crippen LogP contribution >= 0.6 is 11.3 Å². The van der Waals surface area contributed by atoms with E-state index in [1.165, 1.54) is 11.3 Å². The van der Waals surface area contributed by atoms with Crippen molar-refractivity contribution in [2.75, 3.05) is 5.75 Å². The molecule has 0 aliphatic heterocycles. The Morgan fingerprint density at radius 3 is 2.69 bits per heavy atom. The van der Waals surface area contributed by atoms with Gasteiger partial charge < -0.3 is 0 Å². The van der Waals surface area contributed by atoms with E-state index in [1.807, 2.05) is 30.5 Å². The first kappa shape index (κ1) is 22.8. The number of hydrogen-bond acceptors (Lipinski definition) is 5. The number of alkyl halides is 2. The molecule has 0 bridgehead atoms. The second-order valence-corrected chi connectivity index (χ2v) is 11.6. The van der Waals surface area contributed by atoms with Crippen LogP contribution in [0.4, 0.5) is 8.78 Å². The minimum Gasteiger partial charge on any atom is -0.268 e. The van der Waals surface area contributed by atoms with Gasteiger partial charge in [0.15, 0.2) is 0 Å². The van der Waals surface area contributed by atoms with Crippen molar-refractivity contribution < 1.29 is 22.0 Å². The highest BCUT2D eigenvalue weighted by Gasteiger charge is 2.45. The number of amides is 1. The number of rotatable bonds is 5. The summed E-state index contributed by atoms with van der Waals surface area (Å²) in [5.74, 6) is -4.20. The van der Waals surface area contributed by atoms with Gasteiger partial charge in [-0.05, 0) is 54.8 Å². The van der Waals surface area contributed by atoms with Gasteiger partial charge in [0.05, 0.1) is 27.4 Å². The van der Waals surface area contributed by atoms with Crippen LogP contribution in [-0.4, -0.2) is 31.0 Å². The molecule has 1 fully saturated rings. The van der Waals surface area contributed by atoms with E-state index in [0.29, 0.717) is 23.0 Å². The maximum atomic E-state index is 13.9. The molecule has 2 heterocycles. The van der Waals surface area contributed by atoms with Crippen molar-refractivity contribution in [3.05, 3.63) is 52.9 Å². The first-order valence-electron chi connectivity index (χ1n) is 10.3. The second-order valence-electron chi connectivity index (χ2n) is 8.94. The van der Waals surface area contributed by atoms with Crippen molar-refractivity contribution in [3.63, 3.8) is 0 Å². The molecule has 3 aromatic rings. The average Bonchev–Trinajstić information content (AvgIpc) is 3.19. The third-order valence-corrected chi connectivity index (χ3v) is 8.24. The summed E-state index contributed by atoms with van der Waals surface area (Å²) >= 11 is 1.46. The number of aryl methyl sites for hydroxylation is 1. The number of aromatic nitrogens is 1. The normalized spacial score (nSPS) is 20.9. The van der Waals surface area contributed by atoms with Gasteiger partial charge >= 0.3 is 0 Å².